The second kappa shape index (κ2) is 7.32. The van der Waals surface area contributed by atoms with Gasteiger partial charge in [-0.15, -0.1) is 0 Å². The second-order valence-electron chi connectivity index (χ2n) is 5.00. The van der Waals surface area contributed by atoms with Crippen LogP contribution in [0.2, 0.25) is 0 Å². The van der Waals surface area contributed by atoms with Crippen LogP contribution in [0.4, 0.5) is 4.79 Å². The average molecular weight is 312 g/mol. The van der Waals surface area contributed by atoms with Crippen LogP contribution < -0.4 is 56.7 Å². The zero-order valence-electron chi connectivity index (χ0n) is 12.3. The van der Waals surface area contributed by atoms with Crippen molar-refractivity contribution in [3.05, 3.63) is 41.2 Å². The van der Waals surface area contributed by atoms with Gasteiger partial charge in [-0.25, -0.2) is 0 Å². The van der Waals surface area contributed by atoms with Crippen molar-refractivity contribution in [1.29, 1.82) is 0 Å². The molecule has 0 bridgehead atoms. The minimum absolute atomic E-state index is 0. The van der Waals surface area contributed by atoms with E-state index in [0.717, 1.165) is 12.1 Å². The molecule has 2 saturated heterocycles. The molecular formula is C14H17KN4O2. The summed E-state index contributed by atoms with van der Waals surface area (Å²) in [4.78, 5) is 27.6. The summed E-state index contributed by atoms with van der Waals surface area (Å²) < 4.78 is 0. The number of likely N-dealkylation sites (N-methyl/N-ethyl adjacent to an activating group) is 1. The first-order valence-corrected chi connectivity index (χ1v) is 6.78. The maximum Gasteiger partial charge on any atom is 1.00 e. The van der Waals surface area contributed by atoms with Crippen molar-refractivity contribution in [3.63, 3.8) is 0 Å². The largest absolute Gasteiger partial charge is 1.00 e. The van der Waals surface area contributed by atoms with Crippen molar-refractivity contribution < 1.29 is 61.0 Å². The third-order valence-corrected chi connectivity index (χ3v) is 3.84. The predicted molar refractivity (Wildman–Crippen MR) is 73.7 cm³/mol. The van der Waals surface area contributed by atoms with Crippen LogP contribution in [0.15, 0.2) is 30.3 Å². The summed E-state index contributed by atoms with van der Waals surface area (Å²) in [6.45, 7) is 3.81. The van der Waals surface area contributed by atoms with E-state index >= 15 is 0 Å². The van der Waals surface area contributed by atoms with E-state index in [1.54, 1.807) is 4.90 Å². The van der Waals surface area contributed by atoms with Crippen molar-refractivity contribution in [3.8, 4) is 0 Å². The number of amides is 3. The Kier molecular flexibility index (Phi) is 5.95. The van der Waals surface area contributed by atoms with Crippen molar-refractivity contribution in [2.24, 2.45) is 0 Å². The van der Waals surface area contributed by atoms with Crippen molar-refractivity contribution in [1.82, 2.24) is 15.1 Å². The average Bonchev–Trinajstić information content (AvgIpc) is 2.89. The fourth-order valence-electron chi connectivity index (χ4n) is 2.79. The molecule has 1 N–H and O–H groups in total. The fourth-order valence-corrected chi connectivity index (χ4v) is 2.79. The van der Waals surface area contributed by atoms with Gasteiger partial charge in [-0.05, 0) is 18.7 Å². The Balaban J connectivity index is 0.00000161. The molecule has 2 heterocycles. The van der Waals surface area contributed by atoms with E-state index < -0.39 is 6.03 Å². The number of hydrogen-bond acceptors (Lipinski definition) is 4. The molecule has 3 amide bonds. The van der Waals surface area contributed by atoms with Crippen LogP contribution in [0.1, 0.15) is 12.5 Å². The Labute approximate surface area is 166 Å². The first kappa shape index (κ1) is 17.1. The maximum atomic E-state index is 12.0. The third-order valence-electron chi connectivity index (χ3n) is 3.84. The van der Waals surface area contributed by atoms with Crippen molar-refractivity contribution in [2.45, 2.75) is 25.7 Å². The number of benzene rings is 1. The molecule has 3 rings (SSSR count). The van der Waals surface area contributed by atoms with Crippen molar-refractivity contribution >= 4 is 11.9 Å². The molecule has 1 aromatic carbocycles. The topological polar surface area (TPSA) is 66.8 Å². The normalized spacial score (nSPS) is 25.3. The second-order valence-corrected chi connectivity index (χ2v) is 5.00. The van der Waals surface area contributed by atoms with Crippen LogP contribution in [0.5, 0.6) is 0 Å². The molecule has 1 aromatic rings. The van der Waals surface area contributed by atoms with E-state index in [-0.39, 0.29) is 69.5 Å². The number of rotatable bonds is 3. The van der Waals surface area contributed by atoms with Gasteiger partial charge in [0.2, 0.25) is 0 Å². The molecule has 2 aliphatic heterocycles. The molecule has 0 saturated carbocycles. The van der Waals surface area contributed by atoms with E-state index in [1.165, 1.54) is 0 Å². The van der Waals surface area contributed by atoms with E-state index in [1.807, 2.05) is 42.2 Å². The molecular weight excluding hydrogens is 295 g/mol. The summed E-state index contributed by atoms with van der Waals surface area (Å²) in [6, 6.07) is 8.92. The fraction of sp³-hybridized carbons (Fsp3) is 0.429. The van der Waals surface area contributed by atoms with Crippen molar-refractivity contribution in [2.75, 3.05) is 13.2 Å². The first-order chi connectivity index (χ1) is 9.70. The van der Waals surface area contributed by atoms with Gasteiger partial charge in [0.25, 0.3) is 0 Å². The Morgan fingerprint density at radius 1 is 1.29 bits per heavy atom. The number of nitrogens with zero attached hydrogens (tertiary/aromatic N) is 3. The Morgan fingerprint density at radius 2 is 2.00 bits per heavy atom. The standard InChI is InChI=1S/C14H18N4O2.K/c1-2-17-9-15-12-11(17)13(19)16-14(20)18(12)8-10-6-4-3-5-7-10;/h3-7,11-12,15H,2,8-9H2,1H3,(H,16,19,20);/q;+1/p-1. The van der Waals surface area contributed by atoms with E-state index in [2.05, 4.69) is 10.6 Å². The number of carbonyl (C=O) groups excluding carboxylic acids is 2. The van der Waals surface area contributed by atoms with Crippen LogP contribution in [0.25, 0.3) is 5.32 Å². The Bertz CT molecular complexity index is 525. The summed E-state index contributed by atoms with van der Waals surface area (Å²) in [5, 5.41) is 6.91. The minimum Gasteiger partial charge on any atom is -0.415 e. The van der Waals surface area contributed by atoms with Crippen LogP contribution in [-0.4, -0.2) is 47.2 Å². The van der Waals surface area contributed by atoms with Gasteiger partial charge in [0.05, 0.1) is 6.04 Å². The molecule has 21 heavy (non-hydrogen) atoms. The molecule has 0 aliphatic carbocycles. The molecule has 2 aliphatic rings. The summed E-state index contributed by atoms with van der Waals surface area (Å²) in [5.74, 6) is -0.337. The number of imide groups is 1. The number of urea groups is 1. The SMILES string of the molecule is CCN1CNC2C1C(=O)[N-]C(=O)N2Cc1ccccc1.[K+]. The van der Waals surface area contributed by atoms with Crippen LogP contribution in [0, 0.1) is 0 Å². The maximum absolute atomic E-state index is 12.0. The summed E-state index contributed by atoms with van der Waals surface area (Å²) in [7, 11) is 0. The molecule has 6 nitrogen and oxygen atoms in total. The Hall–Kier alpha value is -0.284. The smallest absolute Gasteiger partial charge is 0.415 e. The molecule has 2 fully saturated rings. The van der Waals surface area contributed by atoms with Gasteiger partial charge in [0, 0.05) is 12.8 Å². The van der Waals surface area contributed by atoms with Gasteiger partial charge in [-0.3, -0.25) is 19.8 Å². The zero-order valence-corrected chi connectivity index (χ0v) is 15.4. The predicted octanol–water partition coefficient (Wildman–Crippen LogP) is -1.90. The molecule has 0 spiro atoms. The van der Waals surface area contributed by atoms with Gasteiger partial charge in [-0.2, -0.15) is 0 Å². The van der Waals surface area contributed by atoms with Gasteiger partial charge in [-0.1, -0.05) is 37.3 Å². The van der Waals surface area contributed by atoms with E-state index in [9.17, 15) is 9.59 Å². The van der Waals surface area contributed by atoms with Crippen LogP contribution >= 0.6 is 0 Å². The minimum atomic E-state index is -0.453. The first-order valence-electron chi connectivity index (χ1n) is 6.78. The number of hydrogen-bond donors (Lipinski definition) is 1. The molecule has 2 unspecified atom stereocenters. The van der Waals surface area contributed by atoms with Gasteiger partial charge < -0.3 is 10.2 Å². The number of carbonyl (C=O) groups is 2. The number of nitrogens with one attached hydrogen (secondary N) is 1. The van der Waals surface area contributed by atoms with E-state index in [0.29, 0.717) is 13.2 Å². The molecule has 0 aromatic heterocycles. The zero-order chi connectivity index (χ0) is 14.1. The third kappa shape index (κ3) is 3.39. The molecule has 106 valence electrons. The van der Waals surface area contributed by atoms with Gasteiger partial charge in [0.15, 0.2) is 11.9 Å². The monoisotopic (exact) mass is 312 g/mol. The molecule has 7 heteroatoms. The van der Waals surface area contributed by atoms with Gasteiger partial charge >= 0.3 is 51.4 Å². The van der Waals surface area contributed by atoms with Crippen LogP contribution in [-0.2, 0) is 11.3 Å². The molecule has 2 atom stereocenters. The van der Waals surface area contributed by atoms with Crippen LogP contribution in [0.3, 0.4) is 0 Å². The van der Waals surface area contributed by atoms with Gasteiger partial charge in [0.1, 0.15) is 0 Å². The summed E-state index contributed by atoms with van der Waals surface area (Å²) >= 11 is 0. The quantitative estimate of drug-likeness (QED) is 0.663. The number of fused-ring (bicyclic) bond motifs is 1. The Morgan fingerprint density at radius 3 is 2.67 bits per heavy atom. The summed E-state index contributed by atoms with van der Waals surface area (Å²) in [5.41, 5.74) is 1.03. The molecule has 0 radical (unpaired) electrons. The summed E-state index contributed by atoms with van der Waals surface area (Å²) in [6.07, 6.45) is -0.285. The van der Waals surface area contributed by atoms with E-state index in [4.69, 9.17) is 0 Å².